The van der Waals surface area contributed by atoms with Crippen LogP contribution in [0.25, 0.3) is 10.9 Å². The van der Waals surface area contributed by atoms with Crippen molar-refractivity contribution in [3.05, 3.63) is 23.9 Å². The van der Waals surface area contributed by atoms with Gasteiger partial charge in [-0.2, -0.15) is 0 Å². The Morgan fingerprint density at radius 2 is 2.00 bits per heavy atom. The maximum atomic E-state index is 5.72. The van der Waals surface area contributed by atoms with E-state index >= 15 is 0 Å². The van der Waals surface area contributed by atoms with Gasteiger partial charge in [-0.05, 0) is 24.1 Å². The van der Waals surface area contributed by atoms with Crippen LogP contribution in [-0.2, 0) is 0 Å². The third-order valence-electron chi connectivity index (χ3n) is 3.26. The SMILES string of the molecule is CC(CN)c1c[nH]c2cc3c(cc12)OCCO3. The molecule has 0 aliphatic carbocycles. The van der Waals surface area contributed by atoms with Crippen molar-refractivity contribution in [1.29, 1.82) is 0 Å². The van der Waals surface area contributed by atoms with Gasteiger partial charge in [0.2, 0.25) is 0 Å². The lowest BCUT2D eigenvalue weighted by Crippen LogP contribution is -2.15. The minimum atomic E-state index is 0.339. The molecule has 1 aromatic heterocycles. The first-order valence-electron chi connectivity index (χ1n) is 5.90. The predicted octanol–water partition coefficient (Wildman–Crippen LogP) is 2.00. The van der Waals surface area contributed by atoms with Crippen LogP contribution in [0.1, 0.15) is 18.4 Å². The van der Waals surface area contributed by atoms with E-state index in [1.54, 1.807) is 0 Å². The summed E-state index contributed by atoms with van der Waals surface area (Å²) in [6, 6.07) is 4.04. The fourth-order valence-corrected chi connectivity index (χ4v) is 2.21. The van der Waals surface area contributed by atoms with Crippen LogP contribution in [0.3, 0.4) is 0 Å². The lowest BCUT2D eigenvalue weighted by Gasteiger charge is -2.18. The van der Waals surface area contributed by atoms with Crippen molar-refractivity contribution in [3.63, 3.8) is 0 Å². The van der Waals surface area contributed by atoms with Crippen LogP contribution in [0, 0.1) is 0 Å². The molecule has 0 saturated heterocycles. The third-order valence-corrected chi connectivity index (χ3v) is 3.26. The Kier molecular flexibility index (Phi) is 2.44. The Bertz CT molecular complexity index is 548. The number of rotatable bonds is 2. The number of nitrogens with one attached hydrogen (secondary N) is 1. The summed E-state index contributed by atoms with van der Waals surface area (Å²) in [7, 11) is 0. The van der Waals surface area contributed by atoms with E-state index in [0.717, 1.165) is 17.0 Å². The van der Waals surface area contributed by atoms with Gasteiger partial charge in [-0.3, -0.25) is 0 Å². The summed E-state index contributed by atoms with van der Waals surface area (Å²) in [5, 5.41) is 1.17. The largest absolute Gasteiger partial charge is 0.486 e. The fraction of sp³-hybridized carbons (Fsp3) is 0.385. The molecular weight excluding hydrogens is 216 g/mol. The molecule has 1 aliphatic rings. The van der Waals surface area contributed by atoms with Gasteiger partial charge in [-0.1, -0.05) is 6.92 Å². The topological polar surface area (TPSA) is 60.3 Å². The molecule has 4 nitrogen and oxygen atoms in total. The lowest BCUT2D eigenvalue weighted by atomic mass is 10.0. The van der Waals surface area contributed by atoms with Crippen molar-refractivity contribution in [2.75, 3.05) is 19.8 Å². The molecule has 1 unspecified atom stereocenters. The number of fused-ring (bicyclic) bond motifs is 2. The van der Waals surface area contributed by atoms with E-state index in [9.17, 15) is 0 Å². The quantitative estimate of drug-likeness (QED) is 0.832. The molecule has 2 heterocycles. The zero-order valence-electron chi connectivity index (χ0n) is 9.82. The molecule has 1 aromatic carbocycles. The molecule has 1 atom stereocenters. The molecule has 90 valence electrons. The first-order valence-corrected chi connectivity index (χ1v) is 5.90. The second kappa shape index (κ2) is 3.96. The molecule has 0 amide bonds. The minimum Gasteiger partial charge on any atom is -0.486 e. The Hall–Kier alpha value is -1.68. The molecular formula is C13H16N2O2. The minimum absolute atomic E-state index is 0.339. The number of hydrogen-bond donors (Lipinski definition) is 2. The summed E-state index contributed by atoms with van der Waals surface area (Å²) in [5.74, 6) is 1.98. The van der Waals surface area contributed by atoms with Gasteiger partial charge < -0.3 is 20.2 Å². The maximum absolute atomic E-state index is 5.72. The highest BCUT2D eigenvalue weighted by Crippen LogP contribution is 2.36. The van der Waals surface area contributed by atoms with Gasteiger partial charge in [0.25, 0.3) is 0 Å². The number of H-pyrrole nitrogens is 1. The van der Waals surface area contributed by atoms with Crippen LogP contribution in [0.5, 0.6) is 11.5 Å². The molecule has 17 heavy (non-hydrogen) atoms. The first kappa shape index (κ1) is 10.5. The van der Waals surface area contributed by atoms with E-state index in [-0.39, 0.29) is 0 Å². The normalized spacial score (nSPS) is 16.1. The summed E-state index contributed by atoms with van der Waals surface area (Å²) in [6.45, 7) is 4.00. The predicted molar refractivity (Wildman–Crippen MR) is 66.8 cm³/mol. The fourth-order valence-electron chi connectivity index (χ4n) is 2.21. The summed E-state index contributed by atoms with van der Waals surface area (Å²) in [5.41, 5.74) is 8.03. The summed E-state index contributed by atoms with van der Waals surface area (Å²) >= 11 is 0. The second-order valence-corrected chi connectivity index (χ2v) is 4.42. The van der Waals surface area contributed by atoms with Crippen LogP contribution < -0.4 is 15.2 Å². The Morgan fingerprint density at radius 1 is 1.29 bits per heavy atom. The van der Waals surface area contributed by atoms with Crippen molar-refractivity contribution in [1.82, 2.24) is 4.98 Å². The number of hydrogen-bond acceptors (Lipinski definition) is 3. The maximum Gasteiger partial charge on any atom is 0.163 e. The molecule has 1 aliphatic heterocycles. The summed E-state index contributed by atoms with van der Waals surface area (Å²) < 4.78 is 11.2. The van der Waals surface area contributed by atoms with E-state index in [4.69, 9.17) is 15.2 Å². The number of aromatic amines is 1. The van der Waals surface area contributed by atoms with E-state index in [0.29, 0.717) is 25.7 Å². The molecule has 0 radical (unpaired) electrons. The summed E-state index contributed by atoms with van der Waals surface area (Å²) in [4.78, 5) is 3.26. The number of benzene rings is 1. The molecule has 4 heteroatoms. The standard InChI is InChI=1S/C13H16N2O2/c1-8(6-14)10-7-15-11-5-13-12(4-9(10)11)16-2-3-17-13/h4-5,7-8,15H,2-3,6,14H2,1H3. The van der Waals surface area contributed by atoms with Gasteiger partial charge in [0.15, 0.2) is 11.5 Å². The van der Waals surface area contributed by atoms with Gasteiger partial charge in [-0.15, -0.1) is 0 Å². The van der Waals surface area contributed by atoms with Crippen molar-refractivity contribution < 1.29 is 9.47 Å². The smallest absolute Gasteiger partial charge is 0.163 e. The molecule has 0 bridgehead atoms. The van der Waals surface area contributed by atoms with Crippen LogP contribution in [0.15, 0.2) is 18.3 Å². The van der Waals surface area contributed by atoms with Crippen LogP contribution in [0.2, 0.25) is 0 Å². The average Bonchev–Trinajstić information content (AvgIpc) is 2.78. The molecule has 3 rings (SSSR count). The van der Waals surface area contributed by atoms with Gasteiger partial charge >= 0.3 is 0 Å². The molecule has 2 aromatic rings. The van der Waals surface area contributed by atoms with Crippen molar-refractivity contribution in [2.24, 2.45) is 5.73 Å². The Balaban J connectivity index is 2.15. The van der Waals surface area contributed by atoms with Crippen molar-refractivity contribution in [2.45, 2.75) is 12.8 Å². The number of ether oxygens (including phenoxy) is 2. The third kappa shape index (κ3) is 1.65. The molecule has 0 spiro atoms. The average molecular weight is 232 g/mol. The highest BCUT2D eigenvalue weighted by atomic mass is 16.6. The summed E-state index contributed by atoms with van der Waals surface area (Å²) in [6.07, 6.45) is 2.02. The molecule has 0 fully saturated rings. The Morgan fingerprint density at radius 3 is 2.71 bits per heavy atom. The van der Waals surface area contributed by atoms with Crippen molar-refractivity contribution in [3.8, 4) is 11.5 Å². The Labute approximate surface area is 99.7 Å². The van der Waals surface area contributed by atoms with Gasteiger partial charge in [0.05, 0.1) is 0 Å². The number of aromatic nitrogens is 1. The lowest BCUT2D eigenvalue weighted by molar-refractivity contribution is 0.172. The van der Waals surface area contributed by atoms with E-state index in [1.165, 1.54) is 10.9 Å². The van der Waals surface area contributed by atoms with Crippen molar-refractivity contribution >= 4 is 10.9 Å². The zero-order valence-corrected chi connectivity index (χ0v) is 9.82. The molecule has 3 N–H and O–H groups in total. The monoisotopic (exact) mass is 232 g/mol. The van der Waals surface area contributed by atoms with E-state index in [1.807, 2.05) is 18.3 Å². The molecule has 0 saturated carbocycles. The zero-order chi connectivity index (χ0) is 11.8. The van der Waals surface area contributed by atoms with Crippen LogP contribution in [0.4, 0.5) is 0 Å². The van der Waals surface area contributed by atoms with Crippen LogP contribution >= 0.6 is 0 Å². The van der Waals surface area contributed by atoms with E-state index in [2.05, 4.69) is 11.9 Å². The van der Waals surface area contributed by atoms with Crippen LogP contribution in [-0.4, -0.2) is 24.7 Å². The van der Waals surface area contributed by atoms with E-state index < -0.39 is 0 Å². The highest BCUT2D eigenvalue weighted by Gasteiger charge is 2.16. The number of nitrogens with two attached hydrogens (primary N) is 1. The van der Waals surface area contributed by atoms with Gasteiger partial charge in [0.1, 0.15) is 13.2 Å². The first-order chi connectivity index (χ1) is 8.29. The van der Waals surface area contributed by atoms with Gasteiger partial charge in [-0.25, -0.2) is 0 Å². The van der Waals surface area contributed by atoms with Gasteiger partial charge in [0, 0.05) is 23.2 Å². The second-order valence-electron chi connectivity index (χ2n) is 4.42. The highest BCUT2D eigenvalue weighted by molar-refractivity contribution is 5.87.